The van der Waals surface area contributed by atoms with E-state index in [1.807, 2.05) is 50.3 Å². The minimum Gasteiger partial charge on any atom is -0.355 e. The number of carbonyl (C=O) groups excluding carboxylic acids is 2. The lowest BCUT2D eigenvalue weighted by molar-refractivity contribution is -0.118. The summed E-state index contributed by atoms with van der Waals surface area (Å²) in [4.78, 5) is 26.9. The molecule has 0 saturated heterocycles. The van der Waals surface area contributed by atoms with Crippen LogP contribution in [0.4, 0.5) is 0 Å². The van der Waals surface area contributed by atoms with Gasteiger partial charge in [-0.15, -0.1) is 0 Å². The molecule has 3 rings (SSSR count). The topological polar surface area (TPSA) is 74.0 Å². The molecule has 1 aliphatic rings. The number of benzene rings is 1. The van der Waals surface area contributed by atoms with Gasteiger partial charge in [0.15, 0.2) is 0 Å². The zero-order valence-corrected chi connectivity index (χ0v) is 13.1. The largest absolute Gasteiger partial charge is 0.355 e. The Morgan fingerprint density at radius 2 is 1.91 bits per heavy atom. The summed E-state index contributed by atoms with van der Waals surface area (Å²) in [6.45, 7) is 3.92. The van der Waals surface area contributed by atoms with Gasteiger partial charge < -0.3 is 4.98 Å². The van der Waals surface area contributed by atoms with Crippen LogP contribution in [0, 0.1) is 13.8 Å². The summed E-state index contributed by atoms with van der Waals surface area (Å²) in [6.07, 6.45) is 3.99. The number of hydrogen-bond donors (Lipinski definition) is 3. The Hall–Kier alpha value is -2.66. The van der Waals surface area contributed by atoms with Crippen molar-refractivity contribution in [1.82, 2.24) is 15.8 Å². The molecule has 1 aliphatic heterocycles. The number of rotatable bonds is 4. The van der Waals surface area contributed by atoms with Crippen molar-refractivity contribution in [2.75, 3.05) is 0 Å². The highest BCUT2D eigenvalue weighted by molar-refractivity contribution is 6.08. The Labute approximate surface area is 134 Å². The van der Waals surface area contributed by atoms with E-state index in [9.17, 15) is 9.59 Å². The number of nitrogens with one attached hydrogen (secondary N) is 3. The summed E-state index contributed by atoms with van der Waals surface area (Å²) in [5, 5.41) is 0. The third-order valence-electron chi connectivity index (χ3n) is 3.91. The fourth-order valence-electron chi connectivity index (χ4n) is 2.64. The predicted octanol–water partition coefficient (Wildman–Crippen LogP) is 1.96. The maximum atomic E-state index is 12.6. The van der Waals surface area contributed by atoms with Crippen LogP contribution < -0.4 is 10.9 Å². The molecule has 0 saturated carbocycles. The van der Waals surface area contributed by atoms with Gasteiger partial charge in [-0.1, -0.05) is 35.9 Å². The monoisotopic (exact) mass is 309 g/mol. The van der Waals surface area contributed by atoms with E-state index in [2.05, 4.69) is 15.8 Å². The number of carbonyl (C=O) groups is 2. The first kappa shape index (κ1) is 15.2. The van der Waals surface area contributed by atoms with Crippen LogP contribution in [0.25, 0.3) is 0 Å². The van der Waals surface area contributed by atoms with E-state index in [4.69, 9.17) is 0 Å². The fourth-order valence-corrected chi connectivity index (χ4v) is 2.64. The summed E-state index contributed by atoms with van der Waals surface area (Å²) < 4.78 is 0. The van der Waals surface area contributed by atoms with Gasteiger partial charge in [-0.2, -0.15) is 0 Å². The normalized spacial score (nSPS) is 17.1. The molecule has 0 fully saturated rings. The number of hydrazine groups is 1. The molecule has 118 valence electrons. The van der Waals surface area contributed by atoms with Gasteiger partial charge in [0.1, 0.15) is 0 Å². The number of aryl methyl sites for hydroxylation is 2. The third-order valence-corrected chi connectivity index (χ3v) is 3.91. The van der Waals surface area contributed by atoms with Crippen LogP contribution >= 0.6 is 0 Å². The average molecular weight is 309 g/mol. The van der Waals surface area contributed by atoms with Crippen molar-refractivity contribution < 1.29 is 9.59 Å². The number of amides is 1. The molecule has 2 aromatic rings. The van der Waals surface area contributed by atoms with Crippen molar-refractivity contribution in [1.29, 1.82) is 0 Å². The van der Waals surface area contributed by atoms with Crippen LogP contribution in [0.5, 0.6) is 0 Å². The standard InChI is InChI=1S/C18H19N3O2/c1-11-3-5-13(6-4-11)18(23)17-12(2)9-15(19-17)10-14-7-8-16(22)21-20-14/h3-9,14,19-20H,10H2,1-2H3,(H,21,22). The van der Waals surface area contributed by atoms with Crippen molar-refractivity contribution >= 4 is 11.7 Å². The van der Waals surface area contributed by atoms with E-state index >= 15 is 0 Å². The SMILES string of the molecule is Cc1ccc(C(=O)c2[nH]c(CC3C=CC(=O)NN3)cc2C)cc1. The van der Waals surface area contributed by atoms with Crippen LogP contribution in [0.3, 0.4) is 0 Å². The highest BCUT2D eigenvalue weighted by Gasteiger charge is 2.17. The first-order valence-electron chi connectivity index (χ1n) is 7.56. The minimum atomic E-state index is -0.154. The van der Waals surface area contributed by atoms with Crippen LogP contribution in [0.2, 0.25) is 0 Å². The van der Waals surface area contributed by atoms with Crippen LogP contribution in [0.15, 0.2) is 42.5 Å². The third kappa shape index (κ3) is 3.40. The van der Waals surface area contributed by atoms with E-state index in [0.29, 0.717) is 17.7 Å². The molecule has 2 heterocycles. The number of H-pyrrole nitrogens is 1. The summed E-state index contributed by atoms with van der Waals surface area (Å²) in [6, 6.07) is 9.55. The van der Waals surface area contributed by atoms with E-state index in [1.54, 1.807) is 0 Å². The summed E-state index contributed by atoms with van der Waals surface area (Å²) in [7, 11) is 0. The van der Waals surface area contributed by atoms with Crippen molar-refractivity contribution in [2.24, 2.45) is 0 Å². The number of aromatic amines is 1. The molecule has 0 aliphatic carbocycles. The van der Waals surface area contributed by atoms with Gasteiger partial charge in [0, 0.05) is 23.8 Å². The first-order valence-corrected chi connectivity index (χ1v) is 7.56. The van der Waals surface area contributed by atoms with Crippen molar-refractivity contribution in [3.05, 3.63) is 70.6 Å². The average Bonchev–Trinajstić information content (AvgIpc) is 2.90. The van der Waals surface area contributed by atoms with E-state index in [-0.39, 0.29) is 17.7 Å². The molecular formula is C18H19N3O2. The Kier molecular flexibility index (Phi) is 4.12. The number of ketones is 1. The molecule has 1 amide bonds. The van der Waals surface area contributed by atoms with Crippen molar-refractivity contribution in [3.8, 4) is 0 Å². The highest BCUT2D eigenvalue weighted by Crippen LogP contribution is 2.17. The van der Waals surface area contributed by atoms with Gasteiger partial charge in [-0.3, -0.25) is 15.0 Å². The van der Waals surface area contributed by atoms with Gasteiger partial charge in [-0.05, 0) is 25.5 Å². The minimum absolute atomic E-state index is 0.00537. The summed E-state index contributed by atoms with van der Waals surface area (Å²) >= 11 is 0. The molecule has 5 nitrogen and oxygen atoms in total. The molecule has 23 heavy (non-hydrogen) atoms. The second-order valence-electron chi connectivity index (χ2n) is 5.85. The maximum Gasteiger partial charge on any atom is 0.257 e. The van der Waals surface area contributed by atoms with Crippen LogP contribution in [0.1, 0.15) is 32.9 Å². The highest BCUT2D eigenvalue weighted by atomic mass is 16.2. The second kappa shape index (κ2) is 6.22. The maximum absolute atomic E-state index is 12.6. The van der Waals surface area contributed by atoms with E-state index in [1.165, 1.54) is 6.08 Å². The molecule has 1 aromatic heterocycles. The molecular weight excluding hydrogens is 290 g/mol. The van der Waals surface area contributed by atoms with Crippen LogP contribution in [-0.2, 0) is 11.2 Å². The Bertz CT molecular complexity index is 772. The van der Waals surface area contributed by atoms with Crippen molar-refractivity contribution in [2.45, 2.75) is 26.3 Å². The number of hydrogen-bond acceptors (Lipinski definition) is 3. The molecule has 1 atom stereocenters. The molecule has 3 N–H and O–H groups in total. The fraction of sp³-hybridized carbons (Fsp3) is 0.222. The summed E-state index contributed by atoms with van der Waals surface area (Å²) in [5.74, 6) is -0.159. The molecule has 0 radical (unpaired) electrons. The zero-order chi connectivity index (χ0) is 16.4. The van der Waals surface area contributed by atoms with Gasteiger partial charge >= 0.3 is 0 Å². The smallest absolute Gasteiger partial charge is 0.257 e. The molecule has 1 unspecified atom stereocenters. The van der Waals surface area contributed by atoms with Gasteiger partial charge in [0.25, 0.3) is 5.91 Å². The Morgan fingerprint density at radius 1 is 1.17 bits per heavy atom. The molecule has 0 spiro atoms. The van der Waals surface area contributed by atoms with Crippen molar-refractivity contribution in [3.63, 3.8) is 0 Å². The number of aromatic nitrogens is 1. The van der Waals surface area contributed by atoms with E-state index in [0.717, 1.165) is 16.8 Å². The van der Waals surface area contributed by atoms with Gasteiger partial charge in [0.05, 0.1) is 11.7 Å². The first-order chi connectivity index (χ1) is 11.0. The lowest BCUT2D eigenvalue weighted by Crippen LogP contribution is -2.47. The predicted molar refractivity (Wildman–Crippen MR) is 88.1 cm³/mol. The Balaban J connectivity index is 1.78. The molecule has 0 bridgehead atoms. The second-order valence-corrected chi connectivity index (χ2v) is 5.85. The Morgan fingerprint density at radius 3 is 2.57 bits per heavy atom. The lowest BCUT2D eigenvalue weighted by atomic mass is 10.0. The van der Waals surface area contributed by atoms with Crippen LogP contribution in [-0.4, -0.2) is 22.7 Å². The quantitative estimate of drug-likeness (QED) is 0.756. The van der Waals surface area contributed by atoms with E-state index < -0.39 is 0 Å². The summed E-state index contributed by atoms with van der Waals surface area (Å²) in [5.41, 5.74) is 9.79. The van der Waals surface area contributed by atoms with Gasteiger partial charge in [0.2, 0.25) is 5.78 Å². The lowest BCUT2D eigenvalue weighted by Gasteiger charge is -2.18. The van der Waals surface area contributed by atoms with Gasteiger partial charge in [-0.25, -0.2) is 5.43 Å². The molecule has 1 aromatic carbocycles. The molecule has 5 heteroatoms. The zero-order valence-electron chi connectivity index (χ0n) is 13.1.